The SMILES string of the molecule is CCCCN/C=C(/CCC)NN. The molecule has 0 spiro atoms. The Hall–Kier alpha value is -0.700. The Morgan fingerprint density at radius 3 is 2.58 bits per heavy atom. The molecule has 0 aliphatic heterocycles. The molecule has 3 heteroatoms. The van der Waals surface area contributed by atoms with Gasteiger partial charge in [-0.05, 0) is 12.8 Å². The van der Waals surface area contributed by atoms with Crippen molar-refractivity contribution in [1.82, 2.24) is 10.7 Å². The van der Waals surface area contributed by atoms with Crippen LogP contribution in [0.5, 0.6) is 0 Å². The lowest BCUT2D eigenvalue weighted by molar-refractivity contribution is 0.705. The minimum absolute atomic E-state index is 1.01. The molecule has 0 rings (SSSR count). The van der Waals surface area contributed by atoms with Crippen molar-refractivity contribution in [2.24, 2.45) is 5.84 Å². The summed E-state index contributed by atoms with van der Waals surface area (Å²) in [4.78, 5) is 0. The average Bonchev–Trinajstić information content (AvgIpc) is 2.10. The topological polar surface area (TPSA) is 50.1 Å². The van der Waals surface area contributed by atoms with Crippen LogP contribution in [0.25, 0.3) is 0 Å². The first-order valence-corrected chi connectivity index (χ1v) is 4.74. The normalized spacial score (nSPS) is 11.4. The molecule has 0 aromatic carbocycles. The van der Waals surface area contributed by atoms with Gasteiger partial charge >= 0.3 is 0 Å². The van der Waals surface area contributed by atoms with Crippen LogP contribution in [-0.4, -0.2) is 6.54 Å². The van der Waals surface area contributed by atoms with Crippen LogP contribution in [0.3, 0.4) is 0 Å². The Morgan fingerprint density at radius 2 is 2.08 bits per heavy atom. The van der Waals surface area contributed by atoms with Crippen molar-refractivity contribution in [2.45, 2.75) is 39.5 Å². The number of hydrazine groups is 1. The van der Waals surface area contributed by atoms with Gasteiger partial charge in [-0.2, -0.15) is 0 Å². The summed E-state index contributed by atoms with van der Waals surface area (Å²) >= 11 is 0. The van der Waals surface area contributed by atoms with E-state index in [2.05, 4.69) is 24.6 Å². The molecule has 0 aliphatic carbocycles. The van der Waals surface area contributed by atoms with Crippen molar-refractivity contribution < 1.29 is 0 Å². The summed E-state index contributed by atoms with van der Waals surface area (Å²) < 4.78 is 0. The largest absolute Gasteiger partial charge is 0.389 e. The Morgan fingerprint density at radius 1 is 1.33 bits per heavy atom. The second-order valence-corrected chi connectivity index (χ2v) is 2.87. The van der Waals surface area contributed by atoms with Gasteiger partial charge in [-0.15, -0.1) is 0 Å². The number of allylic oxidation sites excluding steroid dienone is 1. The van der Waals surface area contributed by atoms with Gasteiger partial charge in [0.05, 0.1) is 0 Å². The zero-order chi connectivity index (χ0) is 9.23. The summed E-state index contributed by atoms with van der Waals surface area (Å²) in [6, 6.07) is 0. The first kappa shape index (κ1) is 11.3. The van der Waals surface area contributed by atoms with Crippen LogP contribution in [0.4, 0.5) is 0 Å². The van der Waals surface area contributed by atoms with Gasteiger partial charge < -0.3 is 10.7 Å². The van der Waals surface area contributed by atoms with E-state index in [1.165, 1.54) is 12.8 Å². The maximum atomic E-state index is 5.32. The molecule has 0 fully saturated rings. The third kappa shape index (κ3) is 6.04. The van der Waals surface area contributed by atoms with Gasteiger partial charge in [0.2, 0.25) is 0 Å². The molecule has 0 radical (unpaired) electrons. The maximum absolute atomic E-state index is 5.32. The van der Waals surface area contributed by atoms with Crippen molar-refractivity contribution in [3.8, 4) is 0 Å². The van der Waals surface area contributed by atoms with E-state index in [1.54, 1.807) is 0 Å². The number of unbranched alkanes of at least 4 members (excludes halogenated alkanes) is 1. The van der Waals surface area contributed by atoms with Crippen LogP contribution in [0.15, 0.2) is 11.9 Å². The Balaban J connectivity index is 3.48. The van der Waals surface area contributed by atoms with E-state index in [0.717, 1.165) is 25.1 Å². The van der Waals surface area contributed by atoms with Crippen molar-refractivity contribution in [3.63, 3.8) is 0 Å². The third-order valence-corrected chi connectivity index (χ3v) is 1.66. The van der Waals surface area contributed by atoms with Crippen LogP contribution < -0.4 is 16.6 Å². The van der Waals surface area contributed by atoms with E-state index < -0.39 is 0 Å². The lowest BCUT2D eigenvalue weighted by Crippen LogP contribution is -2.23. The maximum Gasteiger partial charge on any atom is 0.0415 e. The highest BCUT2D eigenvalue weighted by Gasteiger charge is 1.90. The predicted molar refractivity (Wildman–Crippen MR) is 53.2 cm³/mol. The number of nitrogens with one attached hydrogen (secondary N) is 2. The lowest BCUT2D eigenvalue weighted by Gasteiger charge is -2.05. The molecular formula is C9H21N3. The van der Waals surface area contributed by atoms with Gasteiger partial charge in [-0.1, -0.05) is 26.7 Å². The Kier molecular flexibility index (Phi) is 7.91. The minimum Gasteiger partial charge on any atom is -0.389 e. The summed E-state index contributed by atoms with van der Waals surface area (Å²) in [7, 11) is 0. The van der Waals surface area contributed by atoms with Gasteiger partial charge in [-0.3, -0.25) is 5.84 Å². The Bertz CT molecular complexity index is 121. The van der Waals surface area contributed by atoms with E-state index in [9.17, 15) is 0 Å². The Labute approximate surface area is 75.4 Å². The van der Waals surface area contributed by atoms with E-state index >= 15 is 0 Å². The molecule has 0 heterocycles. The molecule has 0 unspecified atom stereocenters. The number of rotatable bonds is 7. The average molecular weight is 171 g/mol. The van der Waals surface area contributed by atoms with Crippen LogP contribution in [-0.2, 0) is 0 Å². The molecule has 0 aromatic rings. The highest BCUT2D eigenvalue weighted by molar-refractivity contribution is 4.95. The summed E-state index contributed by atoms with van der Waals surface area (Å²) in [5.74, 6) is 5.32. The van der Waals surface area contributed by atoms with Crippen LogP contribution in [0.2, 0.25) is 0 Å². The smallest absolute Gasteiger partial charge is 0.0415 e. The second-order valence-electron chi connectivity index (χ2n) is 2.87. The molecule has 3 nitrogen and oxygen atoms in total. The number of nitrogens with two attached hydrogens (primary N) is 1. The molecule has 0 aliphatic rings. The zero-order valence-corrected chi connectivity index (χ0v) is 8.19. The third-order valence-electron chi connectivity index (χ3n) is 1.66. The fourth-order valence-corrected chi connectivity index (χ4v) is 0.930. The quantitative estimate of drug-likeness (QED) is 0.309. The molecule has 12 heavy (non-hydrogen) atoms. The van der Waals surface area contributed by atoms with Crippen molar-refractivity contribution in [3.05, 3.63) is 11.9 Å². The van der Waals surface area contributed by atoms with E-state index in [4.69, 9.17) is 5.84 Å². The zero-order valence-electron chi connectivity index (χ0n) is 8.19. The summed E-state index contributed by atoms with van der Waals surface area (Å²) in [5.41, 5.74) is 3.76. The van der Waals surface area contributed by atoms with Gasteiger partial charge in [-0.25, -0.2) is 0 Å². The van der Waals surface area contributed by atoms with Crippen LogP contribution in [0.1, 0.15) is 39.5 Å². The standard InChI is InChI=1S/C9H21N3/c1-3-5-7-11-8-9(12-10)6-4-2/h8,11-12H,3-7,10H2,1-2H3/b9-8-. The highest BCUT2D eigenvalue weighted by Crippen LogP contribution is 1.96. The fraction of sp³-hybridized carbons (Fsp3) is 0.778. The van der Waals surface area contributed by atoms with Crippen molar-refractivity contribution in [1.29, 1.82) is 0 Å². The molecule has 0 aromatic heterocycles. The van der Waals surface area contributed by atoms with Crippen molar-refractivity contribution in [2.75, 3.05) is 6.54 Å². The molecule has 0 saturated heterocycles. The van der Waals surface area contributed by atoms with Gasteiger partial charge in [0.15, 0.2) is 0 Å². The molecule has 4 N–H and O–H groups in total. The second kappa shape index (κ2) is 8.40. The molecule has 0 saturated carbocycles. The predicted octanol–water partition coefficient (Wildman–Crippen LogP) is 1.48. The minimum atomic E-state index is 1.01. The number of hydrogen-bond acceptors (Lipinski definition) is 3. The van der Waals surface area contributed by atoms with E-state index in [1.807, 2.05) is 6.20 Å². The first-order valence-electron chi connectivity index (χ1n) is 4.74. The molecule has 0 amide bonds. The van der Waals surface area contributed by atoms with Gasteiger partial charge in [0, 0.05) is 18.4 Å². The summed E-state index contributed by atoms with van der Waals surface area (Å²) in [6.07, 6.45) is 6.53. The van der Waals surface area contributed by atoms with Gasteiger partial charge in [0.25, 0.3) is 0 Å². The molecule has 0 bridgehead atoms. The van der Waals surface area contributed by atoms with Gasteiger partial charge in [0.1, 0.15) is 0 Å². The van der Waals surface area contributed by atoms with E-state index in [0.29, 0.717) is 0 Å². The summed E-state index contributed by atoms with van der Waals surface area (Å²) in [5, 5.41) is 3.22. The van der Waals surface area contributed by atoms with Crippen LogP contribution >= 0.6 is 0 Å². The highest BCUT2D eigenvalue weighted by atomic mass is 15.2. The molecule has 0 atom stereocenters. The molecule has 72 valence electrons. The van der Waals surface area contributed by atoms with Crippen molar-refractivity contribution >= 4 is 0 Å². The molecular weight excluding hydrogens is 150 g/mol. The van der Waals surface area contributed by atoms with E-state index in [-0.39, 0.29) is 0 Å². The summed E-state index contributed by atoms with van der Waals surface area (Å²) in [6.45, 7) is 5.35. The number of hydrogen-bond donors (Lipinski definition) is 3. The van der Waals surface area contributed by atoms with Crippen LogP contribution in [0, 0.1) is 0 Å². The monoisotopic (exact) mass is 171 g/mol. The fourth-order valence-electron chi connectivity index (χ4n) is 0.930. The first-order chi connectivity index (χ1) is 5.85. The lowest BCUT2D eigenvalue weighted by atomic mass is 10.3.